The van der Waals surface area contributed by atoms with E-state index >= 15 is 0 Å². The van der Waals surface area contributed by atoms with Crippen LogP contribution in [0.2, 0.25) is 0 Å². The molecule has 0 aliphatic rings. The Balaban J connectivity index is 1.55. The molecule has 3 nitrogen and oxygen atoms in total. The van der Waals surface area contributed by atoms with Crippen molar-refractivity contribution in [2.75, 3.05) is 0 Å². The monoisotopic (exact) mass is 289 g/mol. The molecule has 0 bridgehead atoms. The zero-order valence-corrected chi connectivity index (χ0v) is 12.7. The number of imidazole rings is 1. The minimum absolute atomic E-state index is 1.02. The SMILES string of the molecule is CCc1ccc2[nH]c(CCc3ccc4[nH]cnc4c3)cc2c1. The highest BCUT2D eigenvalue weighted by atomic mass is 14.9. The predicted molar refractivity (Wildman–Crippen MR) is 91.2 cm³/mol. The highest BCUT2D eigenvalue weighted by Gasteiger charge is 2.04. The maximum atomic E-state index is 4.32. The van der Waals surface area contributed by atoms with Crippen LogP contribution in [0.1, 0.15) is 23.7 Å². The van der Waals surface area contributed by atoms with Crippen molar-refractivity contribution < 1.29 is 0 Å². The van der Waals surface area contributed by atoms with Gasteiger partial charge in [0, 0.05) is 11.2 Å². The molecule has 2 aromatic heterocycles. The molecule has 0 aliphatic heterocycles. The highest BCUT2D eigenvalue weighted by Crippen LogP contribution is 2.19. The standard InChI is InChI=1S/C19H19N3/c1-2-13-4-7-17-15(9-13)11-16(22-17)6-3-14-5-8-18-19(10-14)21-12-20-18/h4-5,7-12,22H,2-3,6H2,1H3,(H,20,21). The fourth-order valence-corrected chi connectivity index (χ4v) is 3.01. The van der Waals surface area contributed by atoms with Crippen molar-refractivity contribution in [1.29, 1.82) is 0 Å². The van der Waals surface area contributed by atoms with Gasteiger partial charge in [-0.3, -0.25) is 0 Å². The van der Waals surface area contributed by atoms with Crippen molar-refractivity contribution in [3.63, 3.8) is 0 Å². The molecule has 4 aromatic rings. The average Bonchev–Trinajstić information content (AvgIpc) is 3.17. The highest BCUT2D eigenvalue weighted by molar-refractivity contribution is 5.81. The summed E-state index contributed by atoms with van der Waals surface area (Å²) in [4.78, 5) is 11.0. The quantitative estimate of drug-likeness (QED) is 0.575. The maximum absolute atomic E-state index is 4.32. The van der Waals surface area contributed by atoms with Gasteiger partial charge in [0.2, 0.25) is 0 Å². The zero-order chi connectivity index (χ0) is 14.9. The summed E-state index contributed by atoms with van der Waals surface area (Å²) in [7, 11) is 0. The first-order valence-electron chi connectivity index (χ1n) is 7.84. The van der Waals surface area contributed by atoms with Gasteiger partial charge in [0.1, 0.15) is 0 Å². The average molecular weight is 289 g/mol. The Labute approximate surface area is 129 Å². The normalized spacial score (nSPS) is 11.5. The molecule has 3 heteroatoms. The summed E-state index contributed by atoms with van der Waals surface area (Å²) in [5.74, 6) is 0. The topological polar surface area (TPSA) is 44.5 Å². The molecule has 0 saturated carbocycles. The number of nitrogens with one attached hydrogen (secondary N) is 2. The lowest BCUT2D eigenvalue weighted by Crippen LogP contribution is -1.91. The Morgan fingerprint density at radius 2 is 1.77 bits per heavy atom. The molecule has 0 aliphatic carbocycles. The summed E-state index contributed by atoms with van der Waals surface area (Å²) in [6.07, 6.45) is 4.87. The van der Waals surface area contributed by atoms with Crippen molar-refractivity contribution in [3.05, 3.63) is 65.6 Å². The van der Waals surface area contributed by atoms with Crippen LogP contribution in [0.4, 0.5) is 0 Å². The number of hydrogen-bond acceptors (Lipinski definition) is 1. The number of benzene rings is 2. The maximum Gasteiger partial charge on any atom is 0.0931 e. The number of hydrogen-bond donors (Lipinski definition) is 2. The summed E-state index contributed by atoms with van der Waals surface area (Å²) in [5.41, 5.74) is 7.39. The van der Waals surface area contributed by atoms with Crippen LogP contribution in [-0.2, 0) is 19.3 Å². The zero-order valence-electron chi connectivity index (χ0n) is 12.7. The van der Waals surface area contributed by atoms with Crippen molar-refractivity contribution in [2.45, 2.75) is 26.2 Å². The second kappa shape index (κ2) is 5.34. The van der Waals surface area contributed by atoms with Crippen molar-refractivity contribution in [2.24, 2.45) is 0 Å². The van der Waals surface area contributed by atoms with E-state index in [1.807, 2.05) is 0 Å². The van der Waals surface area contributed by atoms with E-state index in [2.05, 4.69) is 64.3 Å². The largest absolute Gasteiger partial charge is 0.358 e. The van der Waals surface area contributed by atoms with Gasteiger partial charge in [-0.05, 0) is 66.1 Å². The van der Waals surface area contributed by atoms with Gasteiger partial charge in [-0.25, -0.2) is 4.98 Å². The Hall–Kier alpha value is -2.55. The van der Waals surface area contributed by atoms with Crippen LogP contribution in [0.3, 0.4) is 0 Å². The molecule has 0 amide bonds. The number of aromatic nitrogens is 3. The summed E-state index contributed by atoms with van der Waals surface area (Å²) in [5, 5.41) is 1.32. The van der Waals surface area contributed by atoms with Crippen molar-refractivity contribution in [3.8, 4) is 0 Å². The third-order valence-corrected chi connectivity index (χ3v) is 4.32. The number of H-pyrrole nitrogens is 2. The molecule has 2 N–H and O–H groups in total. The number of aromatic amines is 2. The van der Waals surface area contributed by atoms with Crippen LogP contribution < -0.4 is 0 Å². The molecular formula is C19H19N3. The van der Waals surface area contributed by atoms with Crippen molar-refractivity contribution in [1.82, 2.24) is 15.0 Å². The van der Waals surface area contributed by atoms with E-state index in [0.717, 1.165) is 30.3 Å². The molecule has 0 spiro atoms. The number of nitrogens with zero attached hydrogens (tertiary/aromatic N) is 1. The van der Waals surface area contributed by atoms with E-state index in [0.29, 0.717) is 0 Å². The predicted octanol–water partition coefficient (Wildman–Crippen LogP) is 4.39. The molecule has 110 valence electrons. The molecule has 4 rings (SSSR count). The van der Waals surface area contributed by atoms with E-state index in [4.69, 9.17) is 0 Å². The van der Waals surface area contributed by atoms with E-state index in [-0.39, 0.29) is 0 Å². The molecular weight excluding hydrogens is 270 g/mol. The van der Waals surface area contributed by atoms with E-state index in [9.17, 15) is 0 Å². The summed E-state index contributed by atoms with van der Waals surface area (Å²) in [6, 6.07) is 15.4. The van der Waals surface area contributed by atoms with E-state index < -0.39 is 0 Å². The Bertz CT molecular complexity index is 930. The van der Waals surface area contributed by atoms with Gasteiger partial charge >= 0.3 is 0 Å². The van der Waals surface area contributed by atoms with Crippen LogP contribution >= 0.6 is 0 Å². The third-order valence-electron chi connectivity index (χ3n) is 4.32. The lowest BCUT2D eigenvalue weighted by atomic mass is 10.1. The number of fused-ring (bicyclic) bond motifs is 2. The summed E-state index contributed by atoms with van der Waals surface area (Å²) >= 11 is 0. The fraction of sp³-hybridized carbons (Fsp3) is 0.211. The molecule has 2 heterocycles. The smallest absolute Gasteiger partial charge is 0.0931 e. The molecule has 0 saturated heterocycles. The van der Waals surface area contributed by atoms with Crippen LogP contribution in [0.25, 0.3) is 21.9 Å². The summed E-state index contributed by atoms with van der Waals surface area (Å²) < 4.78 is 0. The summed E-state index contributed by atoms with van der Waals surface area (Å²) in [6.45, 7) is 2.19. The van der Waals surface area contributed by atoms with Crippen LogP contribution in [0.5, 0.6) is 0 Å². The first-order chi connectivity index (χ1) is 10.8. The first kappa shape index (κ1) is 13.1. The van der Waals surface area contributed by atoms with Crippen LogP contribution in [-0.4, -0.2) is 15.0 Å². The van der Waals surface area contributed by atoms with Crippen LogP contribution in [0.15, 0.2) is 48.8 Å². The number of rotatable bonds is 4. The van der Waals surface area contributed by atoms with Gasteiger partial charge < -0.3 is 9.97 Å². The van der Waals surface area contributed by atoms with Gasteiger partial charge in [-0.1, -0.05) is 19.1 Å². The van der Waals surface area contributed by atoms with Gasteiger partial charge in [-0.15, -0.1) is 0 Å². The van der Waals surface area contributed by atoms with E-state index in [1.165, 1.54) is 27.7 Å². The lowest BCUT2D eigenvalue weighted by Gasteiger charge is -2.00. The molecule has 0 unspecified atom stereocenters. The molecule has 2 aromatic carbocycles. The minimum Gasteiger partial charge on any atom is -0.358 e. The molecule has 0 atom stereocenters. The molecule has 22 heavy (non-hydrogen) atoms. The Morgan fingerprint density at radius 1 is 0.909 bits per heavy atom. The number of aryl methyl sites for hydroxylation is 3. The molecule has 0 radical (unpaired) electrons. The second-order valence-electron chi connectivity index (χ2n) is 5.82. The second-order valence-corrected chi connectivity index (χ2v) is 5.82. The lowest BCUT2D eigenvalue weighted by molar-refractivity contribution is 0.931. The van der Waals surface area contributed by atoms with Crippen molar-refractivity contribution >= 4 is 21.9 Å². The minimum atomic E-state index is 1.02. The van der Waals surface area contributed by atoms with Gasteiger partial charge in [0.05, 0.1) is 17.4 Å². The third kappa shape index (κ3) is 2.39. The Morgan fingerprint density at radius 3 is 2.68 bits per heavy atom. The fourth-order valence-electron chi connectivity index (χ4n) is 3.01. The van der Waals surface area contributed by atoms with Gasteiger partial charge in [0.25, 0.3) is 0 Å². The van der Waals surface area contributed by atoms with Crippen LogP contribution in [0, 0.1) is 0 Å². The van der Waals surface area contributed by atoms with Gasteiger partial charge in [0.15, 0.2) is 0 Å². The Kier molecular flexibility index (Phi) is 3.19. The molecule has 0 fully saturated rings. The van der Waals surface area contributed by atoms with Gasteiger partial charge in [-0.2, -0.15) is 0 Å². The first-order valence-corrected chi connectivity index (χ1v) is 7.84. The van der Waals surface area contributed by atoms with E-state index in [1.54, 1.807) is 6.33 Å².